The van der Waals surface area contributed by atoms with Gasteiger partial charge in [-0.25, -0.2) is 4.79 Å². The number of nitrogens with zero attached hydrogens (tertiary/aromatic N) is 1. The van der Waals surface area contributed by atoms with Crippen LogP contribution >= 0.6 is 0 Å². The van der Waals surface area contributed by atoms with Crippen molar-refractivity contribution in [2.45, 2.75) is 26.2 Å². The predicted molar refractivity (Wildman–Crippen MR) is 39.6 cm³/mol. The van der Waals surface area contributed by atoms with Gasteiger partial charge < -0.3 is 10.2 Å². The van der Waals surface area contributed by atoms with E-state index in [0.29, 0.717) is 0 Å². The summed E-state index contributed by atoms with van der Waals surface area (Å²) in [7, 11) is 0. The van der Waals surface area contributed by atoms with Crippen molar-refractivity contribution >= 4 is 6.03 Å². The lowest BCUT2D eigenvalue weighted by atomic mass is 10.2. The van der Waals surface area contributed by atoms with Gasteiger partial charge in [-0.2, -0.15) is 0 Å². The minimum absolute atomic E-state index is 0.0936. The van der Waals surface area contributed by atoms with Crippen molar-refractivity contribution in [3.8, 4) is 0 Å². The summed E-state index contributed by atoms with van der Waals surface area (Å²) >= 11 is 0. The highest BCUT2D eigenvalue weighted by molar-refractivity contribution is 5.78. The lowest BCUT2D eigenvalue weighted by Crippen LogP contribution is -2.56. The molecule has 0 saturated carbocycles. The quantitative estimate of drug-likeness (QED) is 0.587. The predicted octanol–water partition coefficient (Wildman–Crippen LogP) is 1.16. The Bertz CT molecular complexity index is 125. The van der Waals surface area contributed by atoms with E-state index in [4.69, 9.17) is 0 Å². The van der Waals surface area contributed by atoms with Crippen LogP contribution in [0.15, 0.2) is 0 Å². The van der Waals surface area contributed by atoms with Gasteiger partial charge in [0, 0.05) is 6.54 Å². The number of unbranched alkanes of at least 4 members (excludes halogenated alkanes) is 2. The van der Waals surface area contributed by atoms with E-state index < -0.39 is 0 Å². The third-order valence-electron chi connectivity index (χ3n) is 1.74. The number of amides is 2. The smallest absolute Gasteiger partial charge is 0.320 e. The highest BCUT2D eigenvalue weighted by Crippen LogP contribution is 2.02. The van der Waals surface area contributed by atoms with Gasteiger partial charge in [-0.3, -0.25) is 0 Å². The third kappa shape index (κ3) is 1.62. The summed E-state index contributed by atoms with van der Waals surface area (Å²) < 4.78 is 0. The van der Waals surface area contributed by atoms with Gasteiger partial charge in [0.15, 0.2) is 0 Å². The van der Waals surface area contributed by atoms with E-state index in [0.717, 1.165) is 19.6 Å². The van der Waals surface area contributed by atoms with E-state index in [1.807, 2.05) is 4.90 Å². The fourth-order valence-corrected chi connectivity index (χ4v) is 0.989. The first kappa shape index (κ1) is 7.38. The lowest BCUT2D eigenvalue weighted by molar-refractivity contribution is 0.155. The zero-order valence-corrected chi connectivity index (χ0v) is 6.39. The van der Waals surface area contributed by atoms with Gasteiger partial charge in [-0.05, 0) is 6.42 Å². The molecule has 0 aromatic rings. The molecule has 1 saturated heterocycles. The van der Waals surface area contributed by atoms with Crippen LogP contribution in [0.4, 0.5) is 4.79 Å². The maximum absolute atomic E-state index is 10.6. The largest absolute Gasteiger partial charge is 0.320 e. The molecule has 1 rings (SSSR count). The molecule has 58 valence electrons. The van der Waals surface area contributed by atoms with Gasteiger partial charge >= 0.3 is 6.03 Å². The first-order valence-electron chi connectivity index (χ1n) is 3.87. The highest BCUT2D eigenvalue weighted by Gasteiger charge is 2.20. The van der Waals surface area contributed by atoms with Crippen molar-refractivity contribution < 1.29 is 4.79 Å². The molecule has 0 atom stereocenters. The Hall–Kier alpha value is -0.730. The number of carbonyl (C=O) groups is 1. The van der Waals surface area contributed by atoms with Gasteiger partial charge in [0.05, 0.1) is 6.67 Å². The van der Waals surface area contributed by atoms with Crippen LogP contribution in [0.5, 0.6) is 0 Å². The van der Waals surface area contributed by atoms with Crippen LogP contribution in [0.25, 0.3) is 0 Å². The zero-order valence-electron chi connectivity index (χ0n) is 6.39. The Labute approximate surface area is 61.4 Å². The Balaban J connectivity index is 1.98. The van der Waals surface area contributed by atoms with Gasteiger partial charge in [0.1, 0.15) is 0 Å². The van der Waals surface area contributed by atoms with Crippen LogP contribution < -0.4 is 5.32 Å². The summed E-state index contributed by atoms with van der Waals surface area (Å²) in [5, 5.41) is 2.67. The zero-order chi connectivity index (χ0) is 7.40. The lowest BCUT2D eigenvalue weighted by Gasteiger charge is -2.31. The normalized spacial score (nSPS) is 16.5. The second-order valence-corrected chi connectivity index (χ2v) is 2.61. The number of carbonyl (C=O) groups excluding carboxylic acids is 1. The topological polar surface area (TPSA) is 32.3 Å². The summed E-state index contributed by atoms with van der Waals surface area (Å²) in [5.74, 6) is 0. The Morgan fingerprint density at radius 3 is 2.80 bits per heavy atom. The molecule has 3 nitrogen and oxygen atoms in total. The molecule has 0 aromatic heterocycles. The third-order valence-corrected chi connectivity index (χ3v) is 1.74. The number of urea groups is 1. The van der Waals surface area contributed by atoms with E-state index in [9.17, 15) is 4.79 Å². The number of hydrogen-bond donors (Lipinski definition) is 1. The van der Waals surface area contributed by atoms with E-state index in [-0.39, 0.29) is 6.03 Å². The number of nitrogens with one attached hydrogen (secondary N) is 1. The van der Waals surface area contributed by atoms with E-state index in [1.54, 1.807) is 0 Å². The van der Waals surface area contributed by atoms with E-state index >= 15 is 0 Å². The van der Waals surface area contributed by atoms with Crippen LogP contribution in [0.3, 0.4) is 0 Å². The summed E-state index contributed by atoms with van der Waals surface area (Å²) in [4.78, 5) is 12.5. The van der Waals surface area contributed by atoms with Crippen molar-refractivity contribution in [3.05, 3.63) is 0 Å². The molecule has 1 aliphatic rings. The molecule has 2 amide bonds. The van der Waals surface area contributed by atoms with Gasteiger partial charge in [0.2, 0.25) is 0 Å². The molecular weight excluding hydrogens is 128 g/mol. The summed E-state index contributed by atoms with van der Waals surface area (Å²) in [5.41, 5.74) is 0. The molecule has 1 aliphatic heterocycles. The maximum Gasteiger partial charge on any atom is 0.320 e. The number of rotatable bonds is 4. The van der Waals surface area contributed by atoms with Crippen molar-refractivity contribution in [1.82, 2.24) is 10.2 Å². The number of hydrogen-bond acceptors (Lipinski definition) is 1. The monoisotopic (exact) mass is 142 g/mol. The first-order valence-corrected chi connectivity index (χ1v) is 3.87. The molecule has 0 bridgehead atoms. The molecule has 10 heavy (non-hydrogen) atoms. The average Bonchev–Trinajstić information content (AvgIpc) is 1.95. The fraction of sp³-hybridized carbons (Fsp3) is 0.857. The van der Waals surface area contributed by atoms with Crippen molar-refractivity contribution in [2.75, 3.05) is 13.2 Å². The van der Waals surface area contributed by atoms with Crippen LogP contribution in [-0.4, -0.2) is 24.1 Å². The molecule has 1 fully saturated rings. The standard InChI is InChI=1S/C7H14N2O/c1-2-3-4-5-9-6-8-7(9)10/h2-6H2,1H3,(H,8,10). The molecule has 3 heteroatoms. The minimum Gasteiger partial charge on any atom is -0.320 e. The van der Waals surface area contributed by atoms with Crippen molar-refractivity contribution in [3.63, 3.8) is 0 Å². The van der Waals surface area contributed by atoms with Crippen molar-refractivity contribution in [2.24, 2.45) is 0 Å². The van der Waals surface area contributed by atoms with Crippen LogP contribution in [0, 0.1) is 0 Å². The second-order valence-electron chi connectivity index (χ2n) is 2.61. The molecule has 0 radical (unpaired) electrons. The molecule has 1 N–H and O–H groups in total. The van der Waals surface area contributed by atoms with Gasteiger partial charge in [-0.1, -0.05) is 19.8 Å². The van der Waals surface area contributed by atoms with Crippen molar-refractivity contribution in [1.29, 1.82) is 0 Å². The van der Waals surface area contributed by atoms with Gasteiger partial charge in [-0.15, -0.1) is 0 Å². The fourth-order valence-electron chi connectivity index (χ4n) is 0.989. The maximum atomic E-state index is 10.6. The Morgan fingerprint density at radius 1 is 1.60 bits per heavy atom. The second kappa shape index (κ2) is 3.44. The molecule has 0 aliphatic carbocycles. The first-order chi connectivity index (χ1) is 4.84. The molecule has 0 spiro atoms. The van der Waals surface area contributed by atoms with Gasteiger partial charge in [0.25, 0.3) is 0 Å². The molecular formula is C7H14N2O. The highest BCUT2D eigenvalue weighted by atomic mass is 16.2. The summed E-state index contributed by atoms with van der Waals surface area (Å²) in [6, 6.07) is 0.0936. The molecule has 1 heterocycles. The van der Waals surface area contributed by atoms with Crippen LogP contribution in [-0.2, 0) is 0 Å². The Kier molecular flexibility index (Phi) is 2.54. The van der Waals surface area contributed by atoms with Crippen LogP contribution in [0.1, 0.15) is 26.2 Å². The Morgan fingerprint density at radius 2 is 2.40 bits per heavy atom. The van der Waals surface area contributed by atoms with E-state index in [1.165, 1.54) is 12.8 Å². The summed E-state index contributed by atoms with van der Waals surface area (Å²) in [6.07, 6.45) is 3.59. The minimum atomic E-state index is 0.0936. The molecule has 0 unspecified atom stereocenters. The molecule has 0 aromatic carbocycles. The van der Waals surface area contributed by atoms with E-state index in [2.05, 4.69) is 12.2 Å². The SMILES string of the molecule is CCCCCN1CNC1=O. The van der Waals surface area contributed by atoms with Crippen LogP contribution in [0.2, 0.25) is 0 Å². The summed E-state index contributed by atoms with van der Waals surface area (Å²) in [6.45, 7) is 3.85. The average molecular weight is 142 g/mol.